The predicted octanol–water partition coefficient (Wildman–Crippen LogP) is 2.10. The van der Waals surface area contributed by atoms with Crippen LogP contribution in [-0.4, -0.2) is 64.6 Å². The summed E-state index contributed by atoms with van der Waals surface area (Å²) >= 11 is 0. The van der Waals surface area contributed by atoms with E-state index in [-0.39, 0.29) is 5.91 Å². The highest BCUT2D eigenvalue weighted by molar-refractivity contribution is 6.06. The number of carbonyl (C=O) groups excluding carboxylic acids is 1. The van der Waals surface area contributed by atoms with Gasteiger partial charge in [0.15, 0.2) is 11.5 Å². The van der Waals surface area contributed by atoms with Crippen LogP contribution in [0.1, 0.15) is 19.4 Å². The first-order chi connectivity index (χ1) is 13.8. The van der Waals surface area contributed by atoms with Crippen LogP contribution in [0.2, 0.25) is 0 Å². The van der Waals surface area contributed by atoms with Crippen LogP contribution in [0.25, 0.3) is 5.65 Å². The Kier molecular flexibility index (Phi) is 4.62. The first-order valence-electron chi connectivity index (χ1n) is 9.56. The molecule has 3 heterocycles. The van der Waals surface area contributed by atoms with Crippen molar-refractivity contribution in [2.24, 2.45) is 0 Å². The molecule has 1 aliphatic rings. The Morgan fingerprint density at radius 3 is 2.76 bits per heavy atom. The van der Waals surface area contributed by atoms with Crippen LogP contribution in [0.3, 0.4) is 0 Å². The molecule has 0 aliphatic carbocycles. The number of amides is 1. The van der Waals surface area contributed by atoms with Crippen molar-refractivity contribution < 1.29 is 4.79 Å². The van der Waals surface area contributed by atoms with Gasteiger partial charge in [0.05, 0.1) is 5.41 Å². The zero-order valence-corrected chi connectivity index (χ0v) is 17.4. The predicted molar refractivity (Wildman–Crippen MR) is 114 cm³/mol. The third-order valence-corrected chi connectivity index (χ3v) is 5.25. The SMILES string of the molecule is CN(C)CCN(C)c1nccn2nc(Nc3ccc4c(c3)NC(=O)C4(C)C)nc12. The maximum absolute atomic E-state index is 12.2. The van der Waals surface area contributed by atoms with Gasteiger partial charge in [0.1, 0.15) is 0 Å². The number of hydrogen-bond acceptors (Lipinski definition) is 7. The van der Waals surface area contributed by atoms with Gasteiger partial charge in [0, 0.05) is 43.9 Å². The number of likely N-dealkylation sites (N-methyl/N-ethyl adjacent to an activating group) is 2. The first-order valence-corrected chi connectivity index (χ1v) is 9.56. The van der Waals surface area contributed by atoms with E-state index in [1.807, 2.05) is 53.2 Å². The molecule has 3 aromatic rings. The minimum absolute atomic E-state index is 0.00647. The van der Waals surface area contributed by atoms with Gasteiger partial charge in [-0.2, -0.15) is 4.98 Å². The second-order valence-corrected chi connectivity index (χ2v) is 8.14. The van der Waals surface area contributed by atoms with Crippen LogP contribution in [0.4, 0.5) is 23.1 Å². The lowest BCUT2D eigenvalue weighted by Gasteiger charge is -2.20. The lowest BCUT2D eigenvalue weighted by Crippen LogP contribution is -2.29. The van der Waals surface area contributed by atoms with E-state index < -0.39 is 5.41 Å². The van der Waals surface area contributed by atoms with Crippen molar-refractivity contribution in [3.05, 3.63) is 36.2 Å². The van der Waals surface area contributed by atoms with Crippen molar-refractivity contribution in [1.82, 2.24) is 24.5 Å². The molecule has 0 saturated heterocycles. The lowest BCUT2D eigenvalue weighted by atomic mass is 9.86. The molecule has 2 N–H and O–H groups in total. The summed E-state index contributed by atoms with van der Waals surface area (Å²) < 4.78 is 1.72. The number of hydrogen-bond donors (Lipinski definition) is 2. The van der Waals surface area contributed by atoms with Gasteiger partial charge in [-0.3, -0.25) is 4.79 Å². The molecular weight excluding hydrogens is 368 g/mol. The van der Waals surface area contributed by atoms with Crippen molar-refractivity contribution >= 4 is 34.7 Å². The average Bonchev–Trinajstić information content (AvgIpc) is 3.17. The highest BCUT2D eigenvalue weighted by Gasteiger charge is 2.38. The summed E-state index contributed by atoms with van der Waals surface area (Å²) in [6.45, 7) is 5.59. The second kappa shape index (κ2) is 7.00. The van der Waals surface area contributed by atoms with E-state index in [0.29, 0.717) is 11.6 Å². The van der Waals surface area contributed by atoms with Crippen LogP contribution in [0.5, 0.6) is 0 Å². The zero-order valence-electron chi connectivity index (χ0n) is 17.4. The molecule has 1 aliphatic heterocycles. The number of nitrogens with zero attached hydrogens (tertiary/aromatic N) is 6. The summed E-state index contributed by atoms with van der Waals surface area (Å²) in [5.74, 6) is 1.26. The Bertz CT molecular complexity index is 1070. The molecular formula is C20H26N8O. The van der Waals surface area contributed by atoms with Gasteiger partial charge in [-0.05, 0) is 45.6 Å². The van der Waals surface area contributed by atoms with Crippen molar-refractivity contribution in [2.45, 2.75) is 19.3 Å². The quantitative estimate of drug-likeness (QED) is 0.662. The lowest BCUT2D eigenvalue weighted by molar-refractivity contribution is -0.119. The van der Waals surface area contributed by atoms with Gasteiger partial charge in [-0.1, -0.05) is 6.07 Å². The normalized spacial score (nSPS) is 14.9. The Labute approximate surface area is 169 Å². The molecule has 0 radical (unpaired) electrons. The summed E-state index contributed by atoms with van der Waals surface area (Å²) in [4.78, 5) is 25.5. The van der Waals surface area contributed by atoms with E-state index in [2.05, 4.69) is 35.5 Å². The molecule has 1 amide bonds. The monoisotopic (exact) mass is 394 g/mol. The fourth-order valence-corrected chi connectivity index (χ4v) is 3.38. The molecule has 1 aromatic carbocycles. The summed E-state index contributed by atoms with van der Waals surface area (Å²) in [6, 6.07) is 5.82. The van der Waals surface area contributed by atoms with E-state index in [1.54, 1.807) is 16.9 Å². The largest absolute Gasteiger partial charge is 0.355 e. The number of rotatable bonds is 6. The zero-order chi connectivity index (χ0) is 20.8. The molecule has 152 valence electrons. The first kappa shape index (κ1) is 19.1. The van der Waals surface area contributed by atoms with E-state index in [1.165, 1.54) is 0 Å². The van der Waals surface area contributed by atoms with Crippen LogP contribution >= 0.6 is 0 Å². The number of benzene rings is 1. The molecule has 0 fully saturated rings. The van der Waals surface area contributed by atoms with Crippen LogP contribution in [0.15, 0.2) is 30.6 Å². The number of fused-ring (bicyclic) bond motifs is 2. The second-order valence-electron chi connectivity index (χ2n) is 8.14. The number of carbonyl (C=O) groups is 1. The fraction of sp³-hybridized carbons (Fsp3) is 0.400. The molecule has 0 unspecified atom stereocenters. The van der Waals surface area contributed by atoms with Crippen molar-refractivity contribution in [2.75, 3.05) is 49.8 Å². The number of nitrogens with one attached hydrogen (secondary N) is 2. The van der Waals surface area contributed by atoms with Gasteiger partial charge in [0.2, 0.25) is 11.9 Å². The van der Waals surface area contributed by atoms with Crippen LogP contribution in [-0.2, 0) is 10.2 Å². The van der Waals surface area contributed by atoms with Gasteiger partial charge in [-0.15, -0.1) is 5.10 Å². The van der Waals surface area contributed by atoms with E-state index in [9.17, 15) is 4.79 Å². The Morgan fingerprint density at radius 2 is 2.00 bits per heavy atom. The topological polar surface area (TPSA) is 90.7 Å². The molecule has 0 bridgehead atoms. The van der Waals surface area contributed by atoms with Crippen molar-refractivity contribution in [3.63, 3.8) is 0 Å². The highest BCUT2D eigenvalue weighted by atomic mass is 16.2. The Hall–Kier alpha value is -3.20. The van der Waals surface area contributed by atoms with E-state index >= 15 is 0 Å². The highest BCUT2D eigenvalue weighted by Crippen LogP contribution is 2.38. The third-order valence-electron chi connectivity index (χ3n) is 5.25. The van der Waals surface area contributed by atoms with Crippen molar-refractivity contribution in [1.29, 1.82) is 0 Å². The van der Waals surface area contributed by atoms with Gasteiger partial charge < -0.3 is 20.4 Å². The molecule has 9 nitrogen and oxygen atoms in total. The molecule has 0 spiro atoms. The molecule has 29 heavy (non-hydrogen) atoms. The van der Waals surface area contributed by atoms with Crippen LogP contribution < -0.4 is 15.5 Å². The Morgan fingerprint density at radius 1 is 1.21 bits per heavy atom. The minimum atomic E-state index is -0.521. The summed E-state index contributed by atoms with van der Waals surface area (Å²) in [5, 5.41) is 10.7. The third kappa shape index (κ3) is 3.49. The van der Waals surface area contributed by atoms with Gasteiger partial charge in [0.25, 0.3) is 0 Å². The van der Waals surface area contributed by atoms with Crippen molar-refractivity contribution in [3.8, 4) is 0 Å². The maximum Gasteiger partial charge on any atom is 0.247 e. The summed E-state index contributed by atoms with van der Waals surface area (Å²) in [5.41, 5.74) is 2.79. The van der Waals surface area contributed by atoms with E-state index in [4.69, 9.17) is 0 Å². The smallest absolute Gasteiger partial charge is 0.247 e. The van der Waals surface area contributed by atoms with Crippen LogP contribution in [0, 0.1) is 0 Å². The molecule has 0 atom stereocenters. The standard InChI is InChI=1S/C20H26N8O/c1-20(2)14-7-6-13(12-15(14)23-18(20)29)22-19-24-17-16(21-8-9-28(17)25-19)27(5)11-10-26(3)4/h6-9,12H,10-11H2,1-5H3,(H,22,25)(H,23,29). The number of aromatic nitrogens is 4. The molecule has 2 aromatic heterocycles. The molecule has 0 saturated carbocycles. The number of anilines is 4. The van der Waals surface area contributed by atoms with E-state index in [0.717, 1.165) is 35.8 Å². The maximum atomic E-state index is 12.2. The minimum Gasteiger partial charge on any atom is -0.355 e. The molecule has 4 rings (SSSR count). The van der Waals surface area contributed by atoms with Gasteiger partial charge in [-0.25, -0.2) is 9.50 Å². The summed E-state index contributed by atoms with van der Waals surface area (Å²) in [6.07, 6.45) is 3.50. The average molecular weight is 394 g/mol. The fourth-order valence-electron chi connectivity index (χ4n) is 3.38. The Balaban J connectivity index is 1.59. The summed E-state index contributed by atoms with van der Waals surface area (Å²) in [7, 11) is 6.08. The molecule has 9 heteroatoms. The van der Waals surface area contributed by atoms with Gasteiger partial charge >= 0.3 is 0 Å².